The zero-order valence-corrected chi connectivity index (χ0v) is 23.7. The molecule has 3 aromatic carbocycles. The normalized spacial score (nSPS) is 16.6. The number of thiophene rings is 1. The maximum absolute atomic E-state index is 12.5. The number of benzene rings is 3. The Balaban J connectivity index is 1.23. The molecule has 0 spiro atoms. The number of amides is 1. The molecule has 5 nitrogen and oxygen atoms in total. The number of hydrogen-bond donors (Lipinski definition) is 2. The van der Waals surface area contributed by atoms with Crippen LogP contribution in [0.2, 0.25) is 0 Å². The van der Waals surface area contributed by atoms with Crippen molar-refractivity contribution in [1.29, 1.82) is 0 Å². The van der Waals surface area contributed by atoms with E-state index in [1.807, 2.05) is 30.0 Å². The maximum atomic E-state index is 12.5. The average molecular weight is 569 g/mol. The fourth-order valence-electron chi connectivity index (χ4n) is 4.92. The fraction of sp³-hybridized carbons (Fsp3) is 0.194. The van der Waals surface area contributed by atoms with Crippen molar-refractivity contribution in [3.8, 4) is 0 Å². The highest BCUT2D eigenvalue weighted by atomic mass is 32.2. The summed E-state index contributed by atoms with van der Waals surface area (Å²) >= 11 is 5.03. The summed E-state index contributed by atoms with van der Waals surface area (Å²) in [5, 5.41) is 5.01. The van der Waals surface area contributed by atoms with E-state index in [9.17, 15) is 4.79 Å². The molecule has 2 atom stereocenters. The van der Waals surface area contributed by atoms with Gasteiger partial charge in [-0.1, -0.05) is 103 Å². The lowest BCUT2D eigenvalue weighted by atomic mass is 9.98. The van der Waals surface area contributed by atoms with Gasteiger partial charge in [0.2, 0.25) is 5.91 Å². The van der Waals surface area contributed by atoms with Gasteiger partial charge in [-0.15, -0.1) is 23.1 Å². The zero-order chi connectivity index (χ0) is 26.6. The van der Waals surface area contributed by atoms with Crippen molar-refractivity contribution < 1.29 is 4.79 Å². The lowest BCUT2D eigenvalue weighted by Gasteiger charge is -2.30. The Morgan fingerprint density at radius 1 is 0.923 bits per heavy atom. The number of carbonyl (C=O) groups is 1. The first-order chi connectivity index (χ1) is 19.2. The molecule has 1 aliphatic heterocycles. The highest BCUT2D eigenvalue weighted by Crippen LogP contribution is 2.55. The number of nitrogen functional groups attached to an aromatic ring is 1. The first kappa shape index (κ1) is 25.9. The van der Waals surface area contributed by atoms with Crippen molar-refractivity contribution in [1.82, 2.24) is 15.3 Å². The van der Waals surface area contributed by atoms with E-state index in [4.69, 9.17) is 10.7 Å². The van der Waals surface area contributed by atoms with Gasteiger partial charge in [-0.2, -0.15) is 0 Å². The number of thioether (sulfide) groups is 2. The van der Waals surface area contributed by atoms with E-state index >= 15 is 0 Å². The number of hydrogen-bond acceptors (Lipinski definition) is 7. The van der Waals surface area contributed by atoms with Crippen LogP contribution in [0.25, 0.3) is 10.2 Å². The average Bonchev–Trinajstić information content (AvgIpc) is 3.36. The number of nitrogens with one attached hydrogen (secondary N) is 1. The molecule has 8 heteroatoms. The van der Waals surface area contributed by atoms with E-state index in [2.05, 4.69) is 83.1 Å². The van der Waals surface area contributed by atoms with E-state index in [1.165, 1.54) is 38.9 Å². The first-order valence-electron chi connectivity index (χ1n) is 12.9. The standard InChI is InChI=1S/C31H28N4OS3/c32-29-26-23-18-24(21-12-6-2-7-13-21)38-27(22-14-8-3-9-15-22)28(23)39-30(26)35-31(34-29)37-19-25(36)33-17-16-20-10-4-1-5-11-20/h1-15,24,27H,16-19H2,(H,33,36)(H2,32,34,35)/t24-,27-/m1/s1. The van der Waals surface area contributed by atoms with Crippen LogP contribution in [0.3, 0.4) is 0 Å². The Hall–Kier alpha value is -3.33. The minimum atomic E-state index is -0.0325. The first-order valence-corrected chi connectivity index (χ1v) is 15.7. The van der Waals surface area contributed by atoms with Crippen LogP contribution in [0.5, 0.6) is 0 Å². The summed E-state index contributed by atoms with van der Waals surface area (Å²) in [6.45, 7) is 0.601. The highest BCUT2D eigenvalue weighted by molar-refractivity contribution is 8.00. The van der Waals surface area contributed by atoms with Crippen molar-refractivity contribution >= 4 is 56.8 Å². The van der Waals surface area contributed by atoms with Gasteiger partial charge in [0.25, 0.3) is 0 Å². The SMILES string of the molecule is Nc1nc(SCC(=O)NCCc2ccccc2)nc2sc3c(c12)C[C@H](c1ccccc1)S[C@@H]3c1ccccc1. The fourth-order valence-corrected chi connectivity index (χ4v) is 8.67. The number of fused-ring (bicyclic) bond motifs is 3. The molecule has 0 fully saturated rings. The van der Waals surface area contributed by atoms with Gasteiger partial charge in [0, 0.05) is 16.7 Å². The molecule has 196 valence electrons. The summed E-state index contributed by atoms with van der Waals surface area (Å²) < 4.78 is 0. The van der Waals surface area contributed by atoms with Crippen molar-refractivity contribution in [2.75, 3.05) is 18.0 Å². The van der Waals surface area contributed by atoms with Crippen LogP contribution in [-0.2, 0) is 17.6 Å². The molecule has 0 saturated carbocycles. The van der Waals surface area contributed by atoms with Gasteiger partial charge in [0.15, 0.2) is 5.16 Å². The molecular weight excluding hydrogens is 541 g/mol. The molecular formula is C31H28N4OS3. The third-order valence-electron chi connectivity index (χ3n) is 6.80. The van der Waals surface area contributed by atoms with Crippen LogP contribution >= 0.6 is 34.9 Å². The van der Waals surface area contributed by atoms with E-state index < -0.39 is 0 Å². The molecule has 3 N–H and O–H groups in total. The summed E-state index contributed by atoms with van der Waals surface area (Å²) in [4.78, 5) is 24.2. The van der Waals surface area contributed by atoms with Crippen molar-refractivity contribution in [3.05, 3.63) is 118 Å². The van der Waals surface area contributed by atoms with Gasteiger partial charge in [0.05, 0.1) is 16.4 Å². The number of aromatic nitrogens is 2. The van der Waals surface area contributed by atoms with Crippen molar-refractivity contribution in [2.45, 2.75) is 28.5 Å². The van der Waals surface area contributed by atoms with E-state index in [-0.39, 0.29) is 16.9 Å². The van der Waals surface area contributed by atoms with Crippen LogP contribution < -0.4 is 11.1 Å². The lowest BCUT2D eigenvalue weighted by molar-refractivity contribution is -0.118. The molecule has 3 heterocycles. The van der Waals surface area contributed by atoms with Crippen LogP contribution in [0.15, 0.2) is 96.2 Å². The predicted octanol–water partition coefficient (Wildman–Crippen LogP) is 6.84. The second kappa shape index (κ2) is 11.8. The second-order valence-corrected chi connectivity index (χ2v) is 12.7. The van der Waals surface area contributed by atoms with Gasteiger partial charge >= 0.3 is 0 Å². The maximum Gasteiger partial charge on any atom is 0.230 e. The van der Waals surface area contributed by atoms with Gasteiger partial charge in [0.1, 0.15) is 10.6 Å². The predicted molar refractivity (Wildman–Crippen MR) is 164 cm³/mol. The number of rotatable bonds is 8. The molecule has 1 amide bonds. The molecule has 0 aliphatic carbocycles. The Labute approximate surface area is 240 Å². The van der Waals surface area contributed by atoms with Crippen molar-refractivity contribution in [2.24, 2.45) is 0 Å². The lowest BCUT2D eigenvalue weighted by Crippen LogP contribution is -2.27. The van der Waals surface area contributed by atoms with Gasteiger partial charge < -0.3 is 11.1 Å². The Morgan fingerprint density at radius 2 is 1.59 bits per heavy atom. The summed E-state index contributed by atoms with van der Waals surface area (Å²) in [6.07, 6.45) is 1.69. The molecule has 1 aliphatic rings. The minimum Gasteiger partial charge on any atom is -0.383 e. The number of anilines is 1. The molecule has 5 aromatic rings. The summed E-state index contributed by atoms with van der Waals surface area (Å²) in [5.74, 6) is 0.716. The summed E-state index contributed by atoms with van der Waals surface area (Å²) in [5.41, 5.74) is 11.6. The number of carbonyl (C=O) groups excluding carboxylic acids is 1. The monoisotopic (exact) mass is 568 g/mol. The van der Waals surface area contributed by atoms with Crippen LogP contribution in [0, 0.1) is 0 Å². The largest absolute Gasteiger partial charge is 0.383 e. The van der Waals surface area contributed by atoms with E-state index in [1.54, 1.807) is 11.3 Å². The zero-order valence-electron chi connectivity index (χ0n) is 21.2. The summed E-state index contributed by atoms with van der Waals surface area (Å²) in [7, 11) is 0. The quantitative estimate of drug-likeness (QED) is 0.158. The van der Waals surface area contributed by atoms with Gasteiger partial charge in [-0.3, -0.25) is 4.79 Å². The Morgan fingerprint density at radius 3 is 2.31 bits per heavy atom. The second-order valence-electron chi connectivity index (χ2n) is 9.42. The molecule has 2 aromatic heterocycles. The van der Waals surface area contributed by atoms with Gasteiger partial charge in [-0.05, 0) is 35.1 Å². The molecule has 0 unspecified atom stereocenters. The van der Waals surface area contributed by atoms with Gasteiger partial charge in [-0.25, -0.2) is 9.97 Å². The Kier molecular flexibility index (Phi) is 7.85. The topological polar surface area (TPSA) is 80.9 Å². The minimum absolute atomic E-state index is 0.0325. The van der Waals surface area contributed by atoms with Crippen molar-refractivity contribution in [3.63, 3.8) is 0 Å². The van der Waals surface area contributed by atoms with Crippen LogP contribution in [0.1, 0.15) is 37.6 Å². The summed E-state index contributed by atoms with van der Waals surface area (Å²) in [6, 6.07) is 31.5. The smallest absolute Gasteiger partial charge is 0.230 e. The van der Waals surface area contributed by atoms with E-state index in [0.717, 1.165) is 23.1 Å². The molecule has 0 bridgehead atoms. The third kappa shape index (κ3) is 5.83. The molecule has 39 heavy (non-hydrogen) atoms. The number of nitrogens with two attached hydrogens (primary N) is 1. The molecule has 0 radical (unpaired) electrons. The third-order valence-corrected chi connectivity index (χ3v) is 10.5. The Bertz CT molecular complexity index is 1580. The number of nitrogens with zero attached hydrogens (tertiary/aromatic N) is 2. The highest BCUT2D eigenvalue weighted by Gasteiger charge is 2.34. The van der Waals surface area contributed by atoms with E-state index in [0.29, 0.717) is 22.8 Å². The molecule has 0 saturated heterocycles. The van der Waals surface area contributed by atoms with Crippen LogP contribution in [0.4, 0.5) is 5.82 Å². The van der Waals surface area contributed by atoms with Crippen LogP contribution in [-0.4, -0.2) is 28.2 Å². The molecule has 6 rings (SSSR count).